The van der Waals surface area contributed by atoms with E-state index in [0.717, 1.165) is 31.6 Å². The van der Waals surface area contributed by atoms with E-state index in [4.69, 9.17) is 9.84 Å². The van der Waals surface area contributed by atoms with Crippen LogP contribution in [0.1, 0.15) is 31.9 Å². The number of unbranched alkanes of at least 4 members (excludes halogenated alkanes) is 1. The summed E-state index contributed by atoms with van der Waals surface area (Å²) in [6, 6.07) is 1.46. The summed E-state index contributed by atoms with van der Waals surface area (Å²) in [4.78, 5) is 13.6. The fourth-order valence-electron chi connectivity index (χ4n) is 2.16. The number of aromatic nitrogens is 1. The molecule has 0 amide bonds. The summed E-state index contributed by atoms with van der Waals surface area (Å²) in [5.74, 6) is -0.236. The molecule has 0 aliphatic carbocycles. The molecule has 1 aromatic rings. The lowest BCUT2D eigenvalue weighted by Crippen LogP contribution is -2.25. The molecule has 0 spiro atoms. The highest BCUT2D eigenvalue weighted by Crippen LogP contribution is 2.09. The third-order valence-corrected chi connectivity index (χ3v) is 3.44. The SMILES string of the molecule is CCCCOCCCn1cc(O)c(=O)cc1CN(C)CCO. The van der Waals surface area contributed by atoms with Crippen LogP contribution in [0.4, 0.5) is 0 Å². The number of aliphatic hydroxyl groups is 1. The molecule has 2 N–H and O–H groups in total. The molecule has 0 bridgehead atoms. The normalized spacial score (nSPS) is 11.3. The summed E-state index contributed by atoms with van der Waals surface area (Å²) in [6.45, 7) is 5.41. The first-order valence-corrected chi connectivity index (χ1v) is 7.88. The Morgan fingerprint density at radius 3 is 2.73 bits per heavy atom. The van der Waals surface area contributed by atoms with E-state index in [1.807, 2.05) is 16.5 Å². The average molecular weight is 312 g/mol. The van der Waals surface area contributed by atoms with Crippen LogP contribution in [-0.4, -0.2) is 53.1 Å². The van der Waals surface area contributed by atoms with Gasteiger partial charge in [0.2, 0.25) is 5.43 Å². The van der Waals surface area contributed by atoms with E-state index in [0.29, 0.717) is 26.2 Å². The summed E-state index contributed by atoms with van der Waals surface area (Å²) in [5, 5.41) is 18.6. The van der Waals surface area contributed by atoms with Crippen LogP contribution >= 0.6 is 0 Å². The standard InChI is InChI=1S/C16H28N2O4/c1-3-4-9-22-10-5-6-18-13-16(21)15(20)11-14(18)12-17(2)7-8-19/h11,13,19,21H,3-10,12H2,1-2H3. The Kier molecular flexibility index (Phi) is 8.81. The van der Waals surface area contributed by atoms with Gasteiger partial charge in [0, 0.05) is 44.6 Å². The quantitative estimate of drug-likeness (QED) is 0.600. The summed E-state index contributed by atoms with van der Waals surface area (Å²) < 4.78 is 7.41. The van der Waals surface area contributed by atoms with Crippen LogP contribution in [-0.2, 0) is 17.8 Å². The van der Waals surface area contributed by atoms with Crippen molar-refractivity contribution in [2.75, 3.05) is 33.4 Å². The van der Waals surface area contributed by atoms with Crippen LogP contribution < -0.4 is 5.43 Å². The van der Waals surface area contributed by atoms with Crippen molar-refractivity contribution in [3.63, 3.8) is 0 Å². The number of ether oxygens (including phenoxy) is 1. The second kappa shape index (κ2) is 10.4. The van der Waals surface area contributed by atoms with Gasteiger partial charge in [0.25, 0.3) is 0 Å². The van der Waals surface area contributed by atoms with Gasteiger partial charge in [0.1, 0.15) is 0 Å². The Balaban J connectivity index is 2.62. The van der Waals surface area contributed by atoms with Gasteiger partial charge in [-0.25, -0.2) is 0 Å². The number of aryl methyl sites for hydroxylation is 1. The average Bonchev–Trinajstić information content (AvgIpc) is 2.47. The molecule has 1 aromatic heterocycles. The Hall–Kier alpha value is -1.37. The van der Waals surface area contributed by atoms with Crippen molar-refractivity contribution in [1.82, 2.24) is 9.47 Å². The van der Waals surface area contributed by atoms with Crippen LogP contribution in [0.3, 0.4) is 0 Å². The molecule has 0 atom stereocenters. The van der Waals surface area contributed by atoms with Crippen LogP contribution in [0, 0.1) is 0 Å². The van der Waals surface area contributed by atoms with E-state index in [2.05, 4.69) is 6.92 Å². The van der Waals surface area contributed by atoms with Crippen LogP contribution in [0.2, 0.25) is 0 Å². The number of rotatable bonds is 11. The first kappa shape index (κ1) is 18.7. The summed E-state index contributed by atoms with van der Waals surface area (Å²) in [7, 11) is 1.88. The van der Waals surface area contributed by atoms with Crippen molar-refractivity contribution in [3.05, 3.63) is 28.2 Å². The van der Waals surface area contributed by atoms with Crippen molar-refractivity contribution in [2.45, 2.75) is 39.3 Å². The summed E-state index contributed by atoms with van der Waals surface area (Å²) in [5.41, 5.74) is 0.454. The van der Waals surface area contributed by atoms with Crippen LogP contribution in [0.25, 0.3) is 0 Å². The van der Waals surface area contributed by atoms with Gasteiger partial charge in [-0.2, -0.15) is 0 Å². The molecule has 0 aliphatic heterocycles. The minimum Gasteiger partial charge on any atom is -0.503 e. The predicted molar refractivity (Wildman–Crippen MR) is 86.1 cm³/mol. The third kappa shape index (κ3) is 6.60. The molecule has 0 unspecified atom stereocenters. The van der Waals surface area contributed by atoms with Crippen molar-refractivity contribution >= 4 is 0 Å². The molecule has 6 nitrogen and oxygen atoms in total. The molecule has 0 fully saturated rings. The number of nitrogens with zero attached hydrogens (tertiary/aromatic N) is 2. The molecule has 0 radical (unpaired) electrons. The molecule has 0 saturated carbocycles. The molecule has 0 aromatic carbocycles. The Bertz CT molecular complexity index is 488. The smallest absolute Gasteiger partial charge is 0.223 e. The van der Waals surface area contributed by atoms with Gasteiger partial charge < -0.3 is 19.5 Å². The number of hydrogen-bond donors (Lipinski definition) is 2. The number of aromatic hydroxyl groups is 1. The second-order valence-electron chi connectivity index (χ2n) is 5.49. The third-order valence-electron chi connectivity index (χ3n) is 3.44. The number of hydrogen-bond acceptors (Lipinski definition) is 5. The lowest BCUT2D eigenvalue weighted by molar-refractivity contribution is 0.125. The number of aliphatic hydroxyl groups excluding tert-OH is 1. The first-order valence-electron chi connectivity index (χ1n) is 7.88. The monoisotopic (exact) mass is 312 g/mol. The second-order valence-corrected chi connectivity index (χ2v) is 5.49. The highest BCUT2D eigenvalue weighted by Gasteiger charge is 2.08. The zero-order chi connectivity index (χ0) is 16.4. The highest BCUT2D eigenvalue weighted by atomic mass is 16.5. The van der Waals surface area contributed by atoms with E-state index < -0.39 is 0 Å². The Morgan fingerprint density at radius 2 is 2.05 bits per heavy atom. The predicted octanol–water partition coefficient (Wildman–Crippen LogP) is 1.18. The maximum atomic E-state index is 11.6. The molecule has 22 heavy (non-hydrogen) atoms. The molecule has 0 aliphatic rings. The van der Waals surface area contributed by atoms with Gasteiger partial charge in [0.15, 0.2) is 5.75 Å². The van der Waals surface area contributed by atoms with E-state index in [-0.39, 0.29) is 17.8 Å². The topological polar surface area (TPSA) is 74.9 Å². The van der Waals surface area contributed by atoms with Gasteiger partial charge >= 0.3 is 0 Å². The first-order chi connectivity index (χ1) is 10.6. The van der Waals surface area contributed by atoms with Crippen molar-refractivity contribution in [3.8, 4) is 5.75 Å². The van der Waals surface area contributed by atoms with Crippen molar-refractivity contribution < 1.29 is 14.9 Å². The fourth-order valence-corrected chi connectivity index (χ4v) is 2.16. The van der Waals surface area contributed by atoms with Crippen molar-refractivity contribution in [1.29, 1.82) is 0 Å². The molecule has 6 heteroatoms. The Morgan fingerprint density at radius 1 is 1.32 bits per heavy atom. The van der Waals surface area contributed by atoms with Crippen molar-refractivity contribution in [2.24, 2.45) is 0 Å². The summed E-state index contributed by atoms with van der Waals surface area (Å²) >= 11 is 0. The van der Waals surface area contributed by atoms with Gasteiger partial charge in [-0.15, -0.1) is 0 Å². The summed E-state index contributed by atoms with van der Waals surface area (Å²) in [6.07, 6.45) is 4.49. The maximum Gasteiger partial charge on any atom is 0.223 e. The van der Waals surface area contributed by atoms with Gasteiger partial charge in [-0.1, -0.05) is 13.3 Å². The van der Waals surface area contributed by atoms with E-state index >= 15 is 0 Å². The van der Waals surface area contributed by atoms with Gasteiger partial charge in [0.05, 0.1) is 12.8 Å². The molecule has 0 saturated heterocycles. The minimum atomic E-state index is -0.372. The molecule has 1 rings (SSSR count). The minimum absolute atomic E-state index is 0.0735. The Labute approximate surface area is 131 Å². The van der Waals surface area contributed by atoms with E-state index in [1.54, 1.807) is 0 Å². The zero-order valence-corrected chi connectivity index (χ0v) is 13.6. The van der Waals surface area contributed by atoms with Gasteiger partial charge in [-0.3, -0.25) is 9.69 Å². The van der Waals surface area contributed by atoms with Crippen LogP contribution in [0.15, 0.2) is 17.1 Å². The molecular weight excluding hydrogens is 284 g/mol. The van der Waals surface area contributed by atoms with Crippen LogP contribution in [0.5, 0.6) is 5.75 Å². The largest absolute Gasteiger partial charge is 0.503 e. The van der Waals surface area contributed by atoms with E-state index in [1.165, 1.54) is 12.3 Å². The molecule has 1 heterocycles. The molecule has 126 valence electrons. The van der Waals surface area contributed by atoms with E-state index in [9.17, 15) is 9.90 Å². The highest BCUT2D eigenvalue weighted by molar-refractivity contribution is 5.20. The van der Waals surface area contributed by atoms with Gasteiger partial charge in [-0.05, 0) is 19.9 Å². The number of pyridine rings is 1. The maximum absolute atomic E-state index is 11.6. The lowest BCUT2D eigenvalue weighted by Gasteiger charge is -2.19. The fraction of sp³-hybridized carbons (Fsp3) is 0.688. The zero-order valence-electron chi connectivity index (χ0n) is 13.6. The lowest BCUT2D eigenvalue weighted by atomic mass is 10.2. The molecular formula is C16H28N2O4. The number of likely N-dealkylation sites (N-methyl/N-ethyl adjacent to an activating group) is 1.